The van der Waals surface area contributed by atoms with Gasteiger partial charge in [0, 0.05) is 56.6 Å². The highest BCUT2D eigenvalue weighted by Crippen LogP contribution is 2.21. The van der Waals surface area contributed by atoms with Gasteiger partial charge in [-0.3, -0.25) is 38.6 Å². The van der Waals surface area contributed by atoms with E-state index in [1.807, 2.05) is 43.3 Å². The van der Waals surface area contributed by atoms with Crippen molar-refractivity contribution >= 4 is 70.2 Å². The molecule has 1 aromatic heterocycles. The average molecular weight is 1070 g/mol. The van der Waals surface area contributed by atoms with Crippen molar-refractivity contribution in [2.24, 2.45) is 34.2 Å². The predicted octanol–water partition coefficient (Wildman–Crippen LogP) is 1.30. The summed E-state index contributed by atoms with van der Waals surface area (Å²) in [5, 5.41) is 36.6. The first-order valence-electron chi connectivity index (χ1n) is 25.2. The van der Waals surface area contributed by atoms with E-state index in [1.54, 1.807) is 50.6 Å². The van der Waals surface area contributed by atoms with Gasteiger partial charge in [-0.25, -0.2) is 9.59 Å². The van der Waals surface area contributed by atoms with Crippen LogP contribution in [0.1, 0.15) is 71.4 Å². The number of carboxylic acids is 2. The number of benzene rings is 2. The summed E-state index contributed by atoms with van der Waals surface area (Å²) in [6, 6.07) is 7.76. The summed E-state index contributed by atoms with van der Waals surface area (Å²) < 4.78 is 5.83. The first kappa shape index (κ1) is 61.2. The highest BCUT2D eigenvalue weighted by Gasteiger charge is 2.37. The fourth-order valence-electron chi connectivity index (χ4n) is 8.48. The van der Waals surface area contributed by atoms with E-state index in [0.29, 0.717) is 28.5 Å². The highest BCUT2D eigenvalue weighted by molar-refractivity contribution is 6.00. The number of guanidine groups is 1. The van der Waals surface area contributed by atoms with Crippen LogP contribution in [0.4, 0.5) is 0 Å². The number of carbonyl (C=O) groups excluding carboxylic acids is 7. The van der Waals surface area contributed by atoms with Crippen molar-refractivity contribution in [2.45, 2.75) is 115 Å². The molecule has 1 saturated heterocycles. The number of aliphatic imine (C=N–C) groups is 1. The van der Waals surface area contributed by atoms with Crippen molar-refractivity contribution in [1.29, 1.82) is 0 Å². The van der Waals surface area contributed by atoms with Crippen molar-refractivity contribution in [1.82, 2.24) is 41.8 Å². The monoisotopic (exact) mass is 1070 g/mol. The number of allylic oxidation sites excluding steroid dienone is 2. The van der Waals surface area contributed by atoms with Crippen LogP contribution in [0.5, 0.6) is 0 Å². The van der Waals surface area contributed by atoms with Gasteiger partial charge >= 0.3 is 11.9 Å². The number of carbonyl (C=O) groups is 9. The number of amides is 7. The number of ether oxygens (including phenoxy) is 1. The van der Waals surface area contributed by atoms with Crippen LogP contribution < -0.4 is 43.4 Å². The van der Waals surface area contributed by atoms with Gasteiger partial charge in [-0.2, -0.15) is 0 Å². The summed E-state index contributed by atoms with van der Waals surface area (Å²) in [7, 11) is 2.82. The Bertz CT molecular complexity index is 2720. The van der Waals surface area contributed by atoms with Gasteiger partial charge in [0.15, 0.2) is 5.96 Å². The normalized spacial score (nSPS) is 24.2. The molecule has 7 amide bonds. The summed E-state index contributed by atoms with van der Waals surface area (Å²) in [4.78, 5) is 131. The quantitative estimate of drug-likeness (QED) is 0.0336. The van der Waals surface area contributed by atoms with Gasteiger partial charge in [-0.15, -0.1) is 0 Å². The number of hydrogen-bond donors (Lipinski definition) is 11. The van der Waals surface area contributed by atoms with E-state index in [0.717, 1.165) is 10.5 Å². The van der Waals surface area contributed by atoms with E-state index < -0.39 is 120 Å². The van der Waals surface area contributed by atoms with Crippen molar-refractivity contribution < 1.29 is 58.1 Å². The molecule has 23 nitrogen and oxygen atoms in total. The number of aromatic nitrogens is 1. The maximum atomic E-state index is 14.5. The van der Waals surface area contributed by atoms with Gasteiger partial charge in [-0.1, -0.05) is 99.7 Å². The molecule has 1 aliphatic rings. The second-order valence-corrected chi connectivity index (χ2v) is 19.2. The first-order valence-corrected chi connectivity index (χ1v) is 25.2. The number of rotatable bonds is 15. The molecule has 0 radical (unpaired) electrons. The predicted molar refractivity (Wildman–Crippen MR) is 287 cm³/mol. The Morgan fingerprint density at radius 2 is 1.47 bits per heavy atom. The molecule has 1 fully saturated rings. The zero-order valence-corrected chi connectivity index (χ0v) is 44.5. The Labute approximate surface area is 447 Å². The largest absolute Gasteiger partial charge is 0.480 e. The Morgan fingerprint density at radius 3 is 2.12 bits per heavy atom. The summed E-state index contributed by atoms with van der Waals surface area (Å²) in [5.41, 5.74) is 13.7. The van der Waals surface area contributed by atoms with Gasteiger partial charge in [0.1, 0.15) is 35.9 Å². The smallest absolute Gasteiger partial charge is 0.327 e. The molecule has 0 saturated carbocycles. The Balaban J connectivity index is 1.78. The maximum absolute atomic E-state index is 14.5. The molecule has 4 rings (SSSR count). The molecule has 77 heavy (non-hydrogen) atoms. The molecule has 0 spiro atoms. The van der Waals surface area contributed by atoms with Crippen LogP contribution in [0.3, 0.4) is 0 Å². The number of hydrogen-bond acceptors (Lipinski definition) is 11. The van der Waals surface area contributed by atoms with Crippen LogP contribution in [0.2, 0.25) is 0 Å². The van der Waals surface area contributed by atoms with E-state index in [4.69, 9.17) is 16.2 Å². The fraction of sp³-hybridized carbons (Fsp3) is 0.444. The summed E-state index contributed by atoms with van der Waals surface area (Å²) in [6.45, 7) is 11.4. The third kappa shape index (κ3) is 18.2. The Kier molecular flexibility index (Phi) is 23.1. The van der Waals surface area contributed by atoms with Crippen molar-refractivity contribution in [3.05, 3.63) is 108 Å². The molecule has 23 heteroatoms. The molecule has 0 bridgehead atoms. The number of aliphatic carboxylic acids is 2. The zero-order chi connectivity index (χ0) is 57.1. The second kappa shape index (κ2) is 29.1. The molecule has 416 valence electrons. The van der Waals surface area contributed by atoms with E-state index in [1.165, 1.54) is 33.9 Å². The van der Waals surface area contributed by atoms with Crippen LogP contribution in [0.25, 0.3) is 10.9 Å². The van der Waals surface area contributed by atoms with Crippen molar-refractivity contribution in [3.8, 4) is 0 Å². The van der Waals surface area contributed by atoms with E-state index in [-0.39, 0.29) is 43.8 Å². The topological polar surface area (TPSA) is 359 Å². The van der Waals surface area contributed by atoms with Gasteiger partial charge in [0.05, 0.1) is 24.0 Å². The molecule has 10 atom stereocenters. The number of fused-ring (bicyclic) bond motifs is 1. The fourth-order valence-corrected chi connectivity index (χ4v) is 8.48. The van der Waals surface area contributed by atoms with Crippen LogP contribution in [-0.4, -0.2) is 142 Å². The summed E-state index contributed by atoms with van der Waals surface area (Å²) in [5.74, 6) is -12.6. The maximum Gasteiger partial charge on any atom is 0.327 e. The number of carboxylic acid groups (broad SMARTS) is 2. The molecule has 13 N–H and O–H groups in total. The number of nitrogens with two attached hydrogens (primary N) is 2. The lowest BCUT2D eigenvalue weighted by Crippen LogP contribution is -2.59. The second-order valence-electron chi connectivity index (χ2n) is 19.2. The number of likely N-dealkylation sites (N-methyl/N-ethyl adjacent to an activating group) is 1. The van der Waals surface area contributed by atoms with Crippen LogP contribution in [0, 0.1) is 17.8 Å². The van der Waals surface area contributed by atoms with Crippen LogP contribution in [0.15, 0.2) is 102 Å². The molecule has 2 heterocycles. The number of nitrogens with one attached hydrogen (secondary N) is 7. The first-order chi connectivity index (χ1) is 36.4. The van der Waals surface area contributed by atoms with E-state index in [2.05, 4.69) is 48.5 Å². The van der Waals surface area contributed by atoms with Crippen molar-refractivity contribution in [3.63, 3.8) is 0 Å². The molecule has 3 aromatic rings. The third-order valence-electron chi connectivity index (χ3n) is 13.4. The summed E-state index contributed by atoms with van der Waals surface area (Å²) in [6.07, 6.45) is 5.97. The lowest BCUT2D eigenvalue weighted by Gasteiger charge is -2.28. The third-order valence-corrected chi connectivity index (χ3v) is 13.4. The van der Waals surface area contributed by atoms with Gasteiger partial charge < -0.3 is 68.2 Å². The van der Waals surface area contributed by atoms with Crippen LogP contribution >= 0.6 is 0 Å². The van der Waals surface area contributed by atoms with Gasteiger partial charge in [0.25, 0.3) is 5.91 Å². The van der Waals surface area contributed by atoms with Gasteiger partial charge in [-0.05, 0) is 56.7 Å². The SMILES string of the molecule is C=C1C(=O)N[C@H](C)C(=O)N[C@@H](Cc2c[nH]c3ccccc23)C(=O)NC(C(=O)O)[C@H](C)C(=O)NC(CCCN=C(N)N)C(=O)NC(/C=C/C(C)=C/[C@H](C)[C@H](Cc2ccccc2)OC)[C@H](C)C(=O)N[C@@H](C(=O)O)CCC(=O)N1C. The molecule has 0 aliphatic carbocycles. The lowest BCUT2D eigenvalue weighted by molar-refractivity contribution is -0.146. The number of para-hydroxylation sites is 1. The number of H-pyrrole nitrogens is 1. The highest BCUT2D eigenvalue weighted by atomic mass is 16.5. The number of aromatic amines is 1. The minimum atomic E-state index is -1.94. The lowest BCUT2D eigenvalue weighted by atomic mass is 9.94. The number of nitrogens with zero attached hydrogens (tertiary/aromatic N) is 2. The van der Waals surface area contributed by atoms with Crippen LogP contribution in [-0.2, 0) is 60.7 Å². The molecular formula is C54H73N11O12. The Morgan fingerprint density at radius 1 is 0.831 bits per heavy atom. The Hall–Kier alpha value is -8.34. The molecule has 1 aliphatic heterocycles. The molecular weight excluding hydrogens is 995 g/mol. The van der Waals surface area contributed by atoms with Crippen molar-refractivity contribution in [2.75, 3.05) is 20.7 Å². The average Bonchev–Trinajstić information content (AvgIpc) is 3.80. The minimum absolute atomic E-state index is 0.0111. The molecule has 3 unspecified atom stereocenters. The molecule has 2 aromatic carbocycles. The van der Waals surface area contributed by atoms with E-state index >= 15 is 0 Å². The van der Waals surface area contributed by atoms with E-state index in [9.17, 15) is 53.4 Å². The zero-order valence-electron chi connectivity index (χ0n) is 44.5. The summed E-state index contributed by atoms with van der Waals surface area (Å²) >= 11 is 0. The minimum Gasteiger partial charge on any atom is -0.480 e. The number of methoxy groups -OCH3 is 1. The standard InChI is InChI=1S/C54H73N11O12/c1-29(25-30(2)43(77-8)26-35-15-10-9-11-16-35)20-21-38-31(3)46(67)62-41(52(73)74)22-23-44(66)65(7)34(6)49(70)59-33(5)48(69)63-42(27-36-28-58-39-18-13-12-17-37(36)39)51(72)64-45(53(75)76)32(4)47(68)61-40(50(71)60-38)19-14-24-57-54(55)56/h9-13,15-18,20-21,25,28,30-33,38,40-43,45,58H,6,14,19,22-24,26-27H2,1-5,7-8H3,(H,59,70)(H,60,71)(H,61,68)(H,62,67)(H,63,69)(H,64,72)(H,73,74)(H,75,76)(H4,55,56,57)/b21-20+,29-25+/t30-,31-,32-,33+,38?,40?,41+,42-,43-,45?/m0/s1. The van der Waals surface area contributed by atoms with Gasteiger partial charge in [0.2, 0.25) is 35.4 Å².